The lowest BCUT2D eigenvalue weighted by Crippen LogP contribution is -2.20. The van der Waals surface area contributed by atoms with Crippen molar-refractivity contribution in [2.75, 3.05) is 6.61 Å². The van der Waals surface area contributed by atoms with Crippen LogP contribution in [0.25, 0.3) is 11.3 Å². The second-order valence-corrected chi connectivity index (χ2v) is 5.68. The summed E-state index contributed by atoms with van der Waals surface area (Å²) in [4.78, 5) is 22.5. The lowest BCUT2D eigenvalue weighted by Gasteiger charge is -2.02. The van der Waals surface area contributed by atoms with Crippen molar-refractivity contribution < 1.29 is 23.5 Å². The van der Waals surface area contributed by atoms with E-state index in [-0.39, 0.29) is 30.5 Å². The van der Waals surface area contributed by atoms with Gasteiger partial charge in [-0.3, -0.25) is 4.79 Å². The lowest BCUT2D eigenvalue weighted by atomic mass is 10.2. The molecule has 0 radical (unpaired) electrons. The van der Waals surface area contributed by atoms with Crippen molar-refractivity contribution in [2.45, 2.75) is 48.0 Å². The Bertz CT molecular complexity index is 849. The molecule has 0 aliphatic heterocycles. The van der Waals surface area contributed by atoms with Gasteiger partial charge in [0.15, 0.2) is 5.76 Å². The summed E-state index contributed by atoms with van der Waals surface area (Å²) in [5.74, 6) is -0.0848. The molecule has 0 fully saturated rings. The highest BCUT2D eigenvalue weighted by Crippen LogP contribution is 2.22. The molecule has 0 atom stereocenters. The summed E-state index contributed by atoms with van der Waals surface area (Å²) >= 11 is 0. The molecule has 1 aromatic carbocycles. The standard InChI is InChI=1S/C20H18FNO3.C2H6O.2C2H6/c1-14(12-13-23)4-3-5-15(2)22-20(24)19-11-10-18(25-19)16-6-8-17(21)9-7-16;1-2-3;2*1-2/h3-11,13H,1,12H2,2H3,(H,22,24);3H,2H2,1H3;2*1-2H3/b4-3-,15-5+;;;. The molecule has 0 saturated carbocycles. The SMILES string of the molecule is C=C(/C=C\C=C(/C)NC(=O)c1ccc(-c2ccc(F)cc2)o1)CC=O.CC.CC.CCO. The van der Waals surface area contributed by atoms with Gasteiger partial charge in [0.2, 0.25) is 0 Å². The Balaban J connectivity index is 0. The number of benzene rings is 1. The highest BCUT2D eigenvalue weighted by atomic mass is 19.1. The maximum Gasteiger partial charge on any atom is 0.291 e. The molecule has 5 nitrogen and oxygen atoms in total. The van der Waals surface area contributed by atoms with Gasteiger partial charge in [0.25, 0.3) is 5.91 Å². The number of aliphatic hydroxyl groups is 1. The Morgan fingerprint density at radius 3 is 2.22 bits per heavy atom. The molecule has 6 heteroatoms. The van der Waals surface area contributed by atoms with Gasteiger partial charge in [-0.05, 0) is 61.9 Å². The van der Waals surface area contributed by atoms with Crippen molar-refractivity contribution in [1.29, 1.82) is 0 Å². The van der Waals surface area contributed by atoms with Crippen LogP contribution in [0.1, 0.15) is 58.5 Å². The third-order valence-corrected chi connectivity index (χ3v) is 3.29. The van der Waals surface area contributed by atoms with Gasteiger partial charge in [-0.25, -0.2) is 4.39 Å². The van der Waals surface area contributed by atoms with Gasteiger partial charge >= 0.3 is 0 Å². The van der Waals surface area contributed by atoms with Crippen LogP contribution in [0.2, 0.25) is 0 Å². The van der Waals surface area contributed by atoms with Crippen LogP contribution in [0.3, 0.4) is 0 Å². The number of halogens is 1. The summed E-state index contributed by atoms with van der Waals surface area (Å²) < 4.78 is 18.5. The Morgan fingerprint density at radius 1 is 1.12 bits per heavy atom. The molecule has 2 N–H and O–H groups in total. The molecule has 0 bridgehead atoms. The van der Waals surface area contributed by atoms with Crippen molar-refractivity contribution in [2.24, 2.45) is 0 Å². The van der Waals surface area contributed by atoms with Gasteiger partial charge in [-0.2, -0.15) is 0 Å². The van der Waals surface area contributed by atoms with Crippen molar-refractivity contribution >= 4 is 12.2 Å². The predicted octanol–water partition coefficient (Wildman–Crippen LogP) is 6.47. The molecule has 2 aromatic rings. The average molecular weight is 446 g/mol. The van der Waals surface area contributed by atoms with E-state index in [2.05, 4.69) is 11.9 Å². The summed E-state index contributed by atoms with van der Waals surface area (Å²) in [7, 11) is 0. The Hall–Kier alpha value is -3.25. The van der Waals surface area contributed by atoms with E-state index in [4.69, 9.17) is 9.52 Å². The van der Waals surface area contributed by atoms with Crippen molar-refractivity contribution in [3.63, 3.8) is 0 Å². The smallest absolute Gasteiger partial charge is 0.291 e. The highest BCUT2D eigenvalue weighted by Gasteiger charge is 2.12. The van der Waals surface area contributed by atoms with Gasteiger partial charge in [-0.15, -0.1) is 0 Å². The first-order valence-corrected chi connectivity index (χ1v) is 10.7. The number of hydrogen-bond donors (Lipinski definition) is 2. The number of aldehydes is 1. The van der Waals surface area contributed by atoms with Crippen LogP contribution in [0.5, 0.6) is 0 Å². The van der Waals surface area contributed by atoms with Gasteiger partial charge in [0.05, 0.1) is 0 Å². The third-order valence-electron chi connectivity index (χ3n) is 3.29. The minimum atomic E-state index is -0.387. The lowest BCUT2D eigenvalue weighted by molar-refractivity contribution is -0.107. The highest BCUT2D eigenvalue weighted by molar-refractivity contribution is 5.93. The second kappa shape index (κ2) is 19.7. The molecule has 176 valence electrons. The zero-order chi connectivity index (χ0) is 24.9. The molecule has 1 amide bonds. The van der Waals surface area contributed by atoms with E-state index in [9.17, 15) is 14.0 Å². The fourth-order valence-electron chi connectivity index (χ4n) is 2.02. The molecule has 0 saturated heterocycles. The van der Waals surface area contributed by atoms with Crippen molar-refractivity contribution in [3.8, 4) is 11.3 Å². The van der Waals surface area contributed by atoms with Crippen LogP contribution in [-0.2, 0) is 4.79 Å². The van der Waals surface area contributed by atoms with Crippen LogP contribution in [0.15, 0.2) is 76.9 Å². The molecule has 0 aliphatic rings. The van der Waals surface area contributed by atoms with E-state index >= 15 is 0 Å². The van der Waals surface area contributed by atoms with Gasteiger partial charge in [-0.1, -0.05) is 46.4 Å². The molecule has 0 aliphatic carbocycles. The quantitative estimate of drug-likeness (QED) is 0.378. The molecule has 0 unspecified atom stereocenters. The van der Waals surface area contributed by atoms with Gasteiger partial charge in [0.1, 0.15) is 17.9 Å². The fourth-order valence-corrected chi connectivity index (χ4v) is 2.02. The number of carbonyl (C=O) groups excluding carboxylic acids is 2. The minimum Gasteiger partial charge on any atom is -0.451 e. The van der Waals surface area contributed by atoms with Gasteiger partial charge < -0.3 is 19.6 Å². The van der Waals surface area contributed by atoms with Crippen molar-refractivity contribution in [3.05, 3.63) is 84.1 Å². The summed E-state index contributed by atoms with van der Waals surface area (Å²) in [5.41, 5.74) is 1.98. The van der Waals surface area contributed by atoms with E-state index in [1.165, 1.54) is 12.1 Å². The predicted molar refractivity (Wildman–Crippen MR) is 130 cm³/mol. The molecule has 2 rings (SSSR count). The van der Waals surface area contributed by atoms with Crippen molar-refractivity contribution in [1.82, 2.24) is 5.32 Å². The Morgan fingerprint density at radius 2 is 1.69 bits per heavy atom. The summed E-state index contributed by atoms with van der Waals surface area (Å²) in [5, 5.41) is 10.3. The molecular formula is C26H36FNO4. The molecule has 32 heavy (non-hydrogen) atoms. The van der Waals surface area contributed by atoms with Gasteiger partial charge in [0, 0.05) is 24.3 Å². The largest absolute Gasteiger partial charge is 0.451 e. The van der Waals surface area contributed by atoms with Crippen LogP contribution in [-0.4, -0.2) is 23.9 Å². The first kappa shape index (κ1) is 30.9. The topological polar surface area (TPSA) is 79.5 Å². The minimum absolute atomic E-state index is 0.154. The number of furan rings is 1. The average Bonchev–Trinajstić information content (AvgIpc) is 3.28. The van der Waals surface area contributed by atoms with Crippen LogP contribution >= 0.6 is 0 Å². The number of amides is 1. The van der Waals surface area contributed by atoms with E-state index in [0.717, 1.165) is 6.29 Å². The number of carbonyl (C=O) groups is 2. The van der Waals surface area contributed by atoms with E-state index in [1.54, 1.807) is 56.3 Å². The molecule has 1 heterocycles. The van der Waals surface area contributed by atoms with Crippen LogP contribution in [0.4, 0.5) is 4.39 Å². The monoisotopic (exact) mass is 445 g/mol. The molecule has 1 aromatic heterocycles. The summed E-state index contributed by atoms with van der Waals surface area (Å²) in [6.07, 6.45) is 6.14. The summed E-state index contributed by atoms with van der Waals surface area (Å²) in [6.45, 7) is 15.4. The first-order chi connectivity index (χ1) is 15.4. The zero-order valence-electron chi connectivity index (χ0n) is 19.9. The normalized spacial score (nSPS) is 9.94. The number of nitrogens with one attached hydrogen (secondary N) is 1. The van der Waals surface area contributed by atoms with E-state index < -0.39 is 0 Å². The first-order valence-electron chi connectivity index (χ1n) is 10.7. The fraction of sp³-hybridized carbons (Fsp3) is 0.308. The second-order valence-electron chi connectivity index (χ2n) is 5.68. The number of aliphatic hydroxyl groups excluding tert-OH is 1. The number of hydrogen-bond acceptors (Lipinski definition) is 4. The van der Waals surface area contributed by atoms with Crippen LogP contribution in [0, 0.1) is 5.82 Å². The zero-order valence-corrected chi connectivity index (χ0v) is 19.9. The Labute approximate surface area is 191 Å². The van der Waals surface area contributed by atoms with E-state index in [1.807, 2.05) is 27.7 Å². The Kier molecular flexibility index (Phi) is 19.0. The third kappa shape index (κ3) is 13.1. The van der Waals surface area contributed by atoms with E-state index in [0.29, 0.717) is 22.6 Å². The number of rotatable bonds is 7. The summed E-state index contributed by atoms with van der Waals surface area (Å²) in [6, 6.07) is 9.04. The molecule has 0 spiro atoms. The maximum atomic E-state index is 12.9. The molecular weight excluding hydrogens is 409 g/mol. The number of allylic oxidation sites excluding steroid dienone is 5. The van der Waals surface area contributed by atoms with Crippen LogP contribution < -0.4 is 5.32 Å². The maximum absolute atomic E-state index is 12.9.